The Morgan fingerprint density at radius 2 is 2.42 bits per heavy atom. The molecular formula is C8H14N4. The van der Waals surface area contributed by atoms with E-state index >= 15 is 0 Å². The predicted octanol–water partition coefficient (Wildman–Crippen LogP) is 0.781. The largest absolute Gasteiger partial charge is 0.271 e. The van der Waals surface area contributed by atoms with E-state index in [4.69, 9.17) is 5.84 Å². The second kappa shape index (κ2) is 4.79. The van der Waals surface area contributed by atoms with Gasteiger partial charge in [0, 0.05) is 12.2 Å². The third-order valence-corrected chi connectivity index (χ3v) is 1.79. The lowest BCUT2D eigenvalue weighted by molar-refractivity contribution is 0.507. The molecular weight excluding hydrogens is 152 g/mol. The fraction of sp³-hybridized carbons (Fsp3) is 0.500. The zero-order valence-electron chi connectivity index (χ0n) is 7.20. The number of hydrazine groups is 1. The minimum Gasteiger partial charge on any atom is -0.271 e. The van der Waals surface area contributed by atoms with Crippen LogP contribution < -0.4 is 11.3 Å². The molecule has 0 spiro atoms. The fourth-order valence-electron chi connectivity index (χ4n) is 1.14. The molecule has 1 aromatic heterocycles. The smallest absolute Gasteiger partial charge is 0.0544 e. The molecule has 1 aromatic rings. The first-order chi connectivity index (χ1) is 5.88. The van der Waals surface area contributed by atoms with Crippen molar-refractivity contribution < 1.29 is 0 Å². The van der Waals surface area contributed by atoms with Gasteiger partial charge in [0.2, 0.25) is 0 Å². The molecule has 1 rings (SSSR count). The van der Waals surface area contributed by atoms with Crippen LogP contribution in [0, 0.1) is 0 Å². The molecule has 0 amide bonds. The molecule has 3 N–H and O–H groups in total. The highest BCUT2D eigenvalue weighted by Crippen LogP contribution is 2.14. The van der Waals surface area contributed by atoms with Crippen LogP contribution in [0.15, 0.2) is 18.5 Å². The van der Waals surface area contributed by atoms with Crippen molar-refractivity contribution in [1.82, 2.24) is 15.6 Å². The van der Waals surface area contributed by atoms with Gasteiger partial charge in [-0.25, -0.2) is 0 Å². The number of nitrogens with zero attached hydrogens (tertiary/aromatic N) is 2. The van der Waals surface area contributed by atoms with E-state index in [0.29, 0.717) is 0 Å². The summed E-state index contributed by atoms with van der Waals surface area (Å²) in [7, 11) is 0. The molecule has 66 valence electrons. The van der Waals surface area contributed by atoms with Crippen molar-refractivity contribution in [2.24, 2.45) is 5.84 Å². The summed E-state index contributed by atoms with van der Waals surface area (Å²) >= 11 is 0. The number of aromatic nitrogens is 2. The SMILES string of the molecule is CCCC(NN)c1ccnnc1. The van der Waals surface area contributed by atoms with Crippen LogP contribution in [0.4, 0.5) is 0 Å². The van der Waals surface area contributed by atoms with Crippen molar-refractivity contribution in [3.63, 3.8) is 0 Å². The van der Waals surface area contributed by atoms with E-state index in [9.17, 15) is 0 Å². The molecule has 0 bridgehead atoms. The van der Waals surface area contributed by atoms with Crippen molar-refractivity contribution >= 4 is 0 Å². The summed E-state index contributed by atoms with van der Waals surface area (Å²) in [5.74, 6) is 5.39. The summed E-state index contributed by atoms with van der Waals surface area (Å²) < 4.78 is 0. The van der Waals surface area contributed by atoms with Gasteiger partial charge in [0.05, 0.1) is 6.20 Å². The molecule has 1 unspecified atom stereocenters. The van der Waals surface area contributed by atoms with Gasteiger partial charge in [-0.05, 0) is 18.1 Å². The van der Waals surface area contributed by atoms with Gasteiger partial charge in [0.15, 0.2) is 0 Å². The predicted molar refractivity (Wildman–Crippen MR) is 47.0 cm³/mol. The first-order valence-corrected chi connectivity index (χ1v) is 4.11. The molecule has 0 aromatic carbocycles. The number of nitrogens with one attached hydrogen (secondary N) is 1. The number of nitrogens with two attached hydrogens (primary N) is 1. The molecule has 1 heterocycles. The van der Waals surface area contributed by atoms with E-state index in [0.717, 1.165) is 18.4 Å². The van der Waals surface area contributed by atoms with Crippen LogP contribution in [-0.4, -0.2) is 10.2 Å². The summed E-state index contributed by atoms with van der Waals surface area (Å²) in [4.78, 5) is 0. The summed E-state index contributed by atoms with van der Waals surface area (Å²) in [6.45, 7) is 2.12. The highest BCUT2D eigenvalue weighted by molar-refractivity contribution is 5.10. The Kier molecular flexibility index (Phi) is 3.63. The third kappa shape index (κ3) is 2.25. The van der Waals surface area contributed by atoms with Gasteiger partial charge in [-0.1, -0.05) is 13.3 Å². The lowest BCUT2D eigenvalue weighted by atomic mass is 10.1. The molecule has 0 aliphatic carbocycles. The summed E-state index contributed by atoms with van der Waals surface area (Å²) in [5.41, 5.74) is 3.84. The van der Waals surface area contributed by atoms with Crippen molar-refractivity contribution in [1.29, 1.82) is 0 Å². The van der Waals surface area contributed by atoms with E-state index in [2.05, 4.69) is 22.5 Å². The monoisotopic (exact) mass is 166 g/mol. The minimum absolute atomic E-state index is 0.200. The fourth-order valence-corrected chi connectivity index (χ4v) is 1.14. The van der Waals surface area contributed by atoms with E-state index in [1.807, 2.05) is 6.07 Å². The molecule has 0 saturated heterocycles. The quantitative estimate of drug-likeness (QED) is 0.512. The standard InChI is InChI=1S/C8H14N4/c1-2-3-8(12-9)7-4-5-10-11-6-7/h4-6,8,12H,2-3,9H2,1H3. The van der Waals surface area contributed by atoms with Crippen LogP contribution >= 0.6 is 0 Å². The summed E-state index contributed by atoms with van der Waals surface area (Å²) in [6.07, 6.45) is 5.52. The van der Waals surface area contributed by atoms with Crippen LogP contribution in [0.25, 0.3) is 0 Å². The van der Waals surface area contributed by atoms with E-state index < -0.39 is 0 Å². The van der Waals surface area contributed by atoms with Gasteiger partial charge < -0.3 is 0 Å². The van der Waals surface area contributed by atoms with Gasteiger partial charge in [-0.3, -0.25) is 11.3 Å². The molecule has 4 heteroatoms. The van der Waals surface area contributed by atoms with Gasteiger partial charge in [0.25, 0.3) is 0 Å². The third-order valence-electron chi connectivity index (χ3n) is 1.79. The Bertz CT molecular complexity index is 212. The van der Waals surface area contributed by atoms with Gasteiger partial charge in [-0.2, -0.15) is 10.2 Å². The summed E-state index contributed by atoms with van der Waals surface area (Å²) in [5, 5.41) is 7.49. The minimum atomic E-state index is 0.200. The van der Waals surface area contributed by atoms with Crippen LogP contribution in [0.3, 0.4) is 0 Å². The van der Waals surface area contributed by atoms with Gasteiger partial charge in [-0.15, -0.1) is 0 Å². The van der Waals surface area contributed by atoms with E-state index in [1.165, 1.54) is 0 Å². The van der Waals surface area contributed by atoms with Crippen LogP contribution in [0.1, 0.15) is 31.4 Å². The topological polar surface area (TPSA) is 63.8 Å². The van der Waals surface area contributed by atoms with Crippen molar-refractivity contribution in [3.05, 3.63) is 24.0 Å². The Morgan fingerprint density at radius 3 is 2.92 bits per heavy atom. The van der Waals surface area contributed by atoms with Crippen LogP contribution in [-0.2, 0) is 0 Å². The van der Waals surface area contributed by atoms with Crippen molar-refractivity contribution in [2.75, 3.05) is 0 Å². The Balaban J connectivity index is 2.66. The number of hydrogen-bond acceptors (Lipinski definition) is 4. The van der Waals surface area contributed by atoms with Crippen LogP contribution in [0.2, 0.25) is 0 Å². The average molecular weight is 166 g/mol. The second-order valence-electron chi connectivity index (χ2n) is 2.68. The first-order valence-electron chi connectivity index (χ1n) is 4.11. The van der Waals surface area contributed by atoms with Crippen LogP contribution in [0.5, 0.6) is 0 Å². The molecule has 4 nitrogen and oxygen atoms in total. The molecule has 12 heavy (non-hydrogen) atoms. The maximum absolute atomic E-state index is 5.39. The first kappa shape index (κ1) is 9.09. The molecule has 1 atom stereocenters. The lowest BCUT2D eigenvalue weighted by Gasteiger charge is -2.13. The number of hydrogen-bond donors (Lipinski definition) is 2. The molecule has 0 aliphatic heterocycles. The number of rotatable bonds is 4. The summed E-state index contributed by atoms with van der Waals surface area (Å²) in [6, 6.07) is 2.12. The maximum atomic E-state index is 5.39. The van der Waals surface area contributed by atoms with Gasteiger partial charge >= 0.3 is 0 Å². The highest BCUT2D eigenvalue weighted by Gasteiger charge is 2.07. The zero-order chi connectivity index (χ0) is 8.81. The second-order valence-corrected chi connectivity index (χ2v) is 2.68. The Morgan fingerprint density at radius 1 is 1.58 bits per heavy atom. The van der Waals surface area contributed by atoms with Crippen molar-refractivity contribution in [2.45, 2.75) is 25.8 Å². The molecule has 0 fully saturated rings. The zero-order valence-corrected chi connectivity index (χ0v) is 7.20. The molecule has 0 saturated carbocycles. The van der Waals surface area contributed by atoms with E-state index in [-0.39, 0.29) is 6.04 Å². The molecule has 0 radical (unpaired) electrons. The van der Waals surface area contributed by atoms with E-state index in [1.54, 1.807) is 12.4 Å². The Labute approximate surface area is 72.2 Å². The Hall–Kier alpha value is -1.00. The van der Waals surface area contributed by atoms with Crippen molar-refractivity contribution in [3.8, 4) is 0 Å². The van der Waals surface area contributed by atoms with Gasteiger partial charge in [0.1, 0.15) is 0 Å². The highest BCUT2D eigenvalue weighted by atomic mass is 15.2. The molecule has 0 aliphatic rings. The lowest BCUT2D eigenvalue weighted by Crippen LogP contribution is -2.27. The maximum Gasteiger partial charge on any atom is 0.0544 e. The normalized spacial score (nSPS) is 12.8. The average Bonchev–Trinajstić information content (AvgIpc) is 2.15.